The van der Waals surface area contributed by atoms with Crippen LogP contribution in [0.1, 0.15) is 57.6 Å². The van der Waals surface area contributed by atoms with Gasteiger partial charge >= 0.3 is 12.1 Å². The molecule has 0 fully saturated rings. The van der Waals surface area contributed by atoms with Gasteiger partial charge in [0.25, 0.3) is 0 Å². The van der Waals surface area contributed by atoms with E-state index in [0.29, 0.717) is 6.42 Å². The third kappa shape index (κ3) is 5.41. The molecule has 0 aromatic heterocycles. The summed E-state index contributed by atoms with van der Waals surface area (Å²) in [5.41, 5.74) is 4.11. The van der Waals surface area contributed by atoms with Crippen LogP contribution in [0.2, 0.25) is 0 Å². The SMILES string of the molecule is CCC(C(=O)O)N(C)C(=O)CC(NC(=O)OCC1c2ccccc2-c2ccccc21)C(C)(C)C. The first kappa shape index (κ1) is 25.3. The lowest BCUT2D eigenvalue weighted by atomic mass is 9.84. The fourth-order valence-corrected chi connectivity index (χ4v) is 4.46. The number of carboxylic acids is 1. The molecule has 0 aliphatic heterocycles. The highest BCUT2D eigenvalue weighted by Crippen LogP contribution is 2.44. The van der Waals surface area contributed by atoms with Crippen LogP contribution >= 0.6 is 0 Å². The first-order valence-corrected chi connectivity index (χ1v) is 11.6. The molecule has 0 saturated carbocycles. The molecule has 2 N–H and O–H groups in total. The number of alkyl carbamates (subject to hydrolysis) is 1. The Hall–Kier alpha value is -3.35. The van der Waals surface area contributed by atoms with Crippen molar-refractivity contribution in [1.82, 2.24) is 10.2 Å². The number of likely N-dealkylation sites (N-methyl/N-ethyl adjacent to an activating group) is 1. The van der Waals surface area contributed by atoms with Crippen LogP contribution in [0.25, 0.3) is 11.1 Å². The molecular weight excluding hydrogens is 432 g/mol. The Morgan fingerprint density at radius 1 is 1.03 bits per heavy atom. The molecule has 7 heteroatoms. The van der Waals surface area contributed by atoms with E-state index in [4.69, 9.17) is 4.74 Å². The number of carbonyl (C=O) groups excluding carboxylic acids is 2. The van der Waals surface area contributed by atoms with Crippen molar-refractivity contribution in [2.45, 2.75) is 58.5 Å². The summed E-state index contributed by atoms with van der Waals surface area (Å²) in [4.78, 5) is 38.3. The van der Waals surface area contributed by atoms with E-state index in [1.165, 1.54) is 11.9 Å². The smallest absolute Gasteiger partial charge is 0.407 e. The van der Waals surface area contributed by atoms with Crippen LogP contribution < -0.4 is 5.32 Å². The van der Waals surface area contributed by atoms with E-state index in [1.807, 2.05) is 45.0 Å². The Bertz CT molecular complexity index is 1010. The molecule has 0 saturated heterocycles. The summed E-state index contributed by atoms with van der Waals surface area (Å²) in [6, 6.07) is 14.8. The number of nitrogens with zero attached hydrogens (tertiary/aromatic N) is 1. The second kappa shape index (κ2) is 10.3. The molecule has 0 spiro atoms. The predicted octanol–water partition coefficient (Wildman–Crippen LogP) is 4.65. The summed E-state index contributed by atoms with van der Waals surface area (Å²) in [6.45, 7) is 7.66. The van der Waals surface area contributed by atoms with Crippen molar-refractivity contribution < 1.29 is 24.2 Å². The fraction of sp³-hybridized carbons (Fsp3) is 0.444. The lowest BCUT2D eigenvalue weighted by molar-refractivity contribution is -0.149. The lowest BCUT2D eigenvalue weighted by Gasteiger charge is -2.33. The van der Waals surface area contributed by atoms with E-state index in [1.54, 1.807) is 6.92 Å². The van der Waals surface area contributed by atoms with E-state index in [9.17, 15) is 19.5 Å². The first-order chi connectivity index (χ1) is 16.0. The van der Waals surface area contributed by atoms with Gasteiger partial charge < -0.3 is 20.1 Å². The number of amides is 2. The zero-order valence-electron chi connectivity index (χ0n) is 20.5. The zero-order valence-corrected chi connectivity index (χ0v) is 20.5. The summed E-state index contributed by atoms with van der Waals surface area (Å²) in [6.07, 6.45) is -0.312. The van der Waals surface area contributed by atoms with Gasteiger partial charge in [-0.3, -0.25) is 4.79 Å². The molecule has 1 aliphatic rings. The van der Waals surface area contributed by atoms with Gasteiger partial charge in [0, 0.05) is 25.4 Å². The van der Waals surface area contributed by atoms with Gasteiger partial charge in [-0.1, -0.05) is 76.2 Å². The molecular formula is C27H34N2O5. The maximum Gasteiger partial charge on any atom is 0.407 e. The number of ether oxygens (including phenoxy) is 1. The predicted molar refractivity (Wildman–Crippen MR) is 131 cm³/mol. The van der Waals surface area contributed by atoms with Crippen LogP contribution in [0.4, 0.5) is 4.79 Å². The Morgan fingerprint density at radius 2 is 1.56 bits per heavy atom. The minimum Gasteiger partial charge on any atom is -0.480 e. The minimum atomic E-state index is -1.05. The van der Waals surface area contributed by atoms with Crippen LogP contribution in [0.5, 0.6) is 0 Å². The number of benzene rings is 2. The lowest BCUT2D eigenvalue weighted by Crippen LogP contribution is -2.49. The average molecular weight is 467 g/mol. The number of carboxylic acid groups (broad SMARTS) is 1. The normalized spacial score (nSPS) is 14.5. The van der Waals surface area contributed by atoms with Crippen molar-refractivity contribution in [2.24, 2.45) is 5.41 Å². The fourth-order valence-electron chi connectivity index (χ4n) is 4.46. The molecule has 34 heavy (non-hydrogen) atoms. The van der Waals surface area contributed by atoms with Crippen molar-refractivity contribution in [3.63, 3.8) is 0 Å². The van der Waals surface area contributed by atoms with Crippen LogP contribution in [0.15, 0.2) is 48.5 Å². The summed E-state index contributed by atoms with van der Waals surface area (Å²) in [7, 11) is 1.48. The van der Waals surface area contributed by atoms with Gasteiger partial charge in [0.15, 0.2) is 0 Å². The number of hydrogen-bond donors (Lipinski definition) is 2. The summed E-state index contributed by atoms with van der Waals surface area (Å²) >= 11 is 0. The van der Waals surface area contributed by atoms with Gasteiger partial charge in [-0.15, -0.1) is 0 Å². The monoisotopic (exact) mass is 466 g/mol. The molecule has 7 nitrogen and oxygen atoms in total. The van der Waals surface area contributed by atoms with Crippen molar-refractivity contribution in [1.29, 1.82) is 0 Å². The molecule has 182 valence electrons. The zero-order chi connectivity index (χ0) is 25.0. The summed E-state index contributed by atoms with van der Waals surface area (Å²) in [5, 5.41) is 12.2. The van der Waals surface area contributed by atoms with E-state index in [-0.39, 0.29) is 24.9 Å². The molecule has 0 heterocycles. The van der Waals surface area contributed by atoms with E-state index in [2.05, 4.69) is 29.6 Å². The number of carbonyl (C=O) groups is 3. The Kier molecular flexibility index (Phi) is 7.64. The molecule has 2 aromatic rings. The number of aliphatic carboxylic acids is 1. The van der Waals surface area contributed by atoms with E-state index >= 15 is 0 Å². The quantitative estimate of drug-likeness (QED) is 0.590. The molecule has 2 unspecified atom stereocenters. The molecule has 0 radical (unpaired) electrons. The van der Waals surface area contributed by atoms with Gasteiger partial charge in [-0.2, -0.15) is 0 Å². The van der Waals surface area contributed by atoms with Crippen LogP contribution in [0, 0.1) is 5.41 Å². The third-order valence-electron chi connectivity index (χ3n) is 6.59. The highest BCUT2D eigenvalue weighted by atomic mass is 16.5. The van der Waals surface area contributed by atoms with Gasteiger partial charge in [0.05, 0.1) is 0 Å². The van der Waals surface area contributed by atoms with Crippen LogP contribution in [0.3, 0.4) is 0 Å². The maximum absolute atomic E-state index is 12.8. The van der Waals surface area contributed by atoms with Crippen molar-refractivity contribution in [2.75, 3.05) is 13.7 Å². The van der Waals surface area contributed by atoms with Crippen molar-refractivity contribution >= 4 is 18.0 Å². The maximum atomic E-state index is 12.8. The molecule has 2 aromatic carbocycles. The molecule has 1 aliphatic carbocycles. The average Bonchev–Trinajstić information content (AvgIpc) is 3.10. The van der Waals surface area contributed by atoms with Crippen molar-refractivity contribution in [3.05, 3.63) is 59.7 Å². The largest absolute Gasteiger partial charge is 0.480 e. The molecule has 2 atom stereocenters. The van der Waals surface area contributed by atoms with Crippen molar-refractivity contribution in [3.8, 4) is 11.1 Å². The second-order valence-electron chi connectivity index (χ2n) is 9.86. The van der Waals surface area contributed by atoms with Gasteiger partial charge in [0.1, 0.15) is 12.6 Å². The van der Waals surface area contributed by atoms with E-state index < -0.39 is 29.6 Å². The number of fused-ring (bicyclic) bond motifs is 3. The second-order valence-corrected chi connectivity index (χ2v) is 9.86. The van der Waals surface area contributed by atoms with Gasteiger partial charge in [0.2, 0.25) is 5.91 Å². The first-order valence-electron chi connectivity index (χ1n) is 11.6. The Morgan fingerprint density at radius 3 is 2.03 bits per heavy atom. The van der Waals surface area contributed by atoms with E-state index in [0.717, 1.165) is 22.3 Å². The summed E-state index contributed by atoms with van der Waals surface area (Å²) in [5.74, 6) is -1.44. The van der Waals surface area contributed by atoms with Gasteiger partial charge in [-0.05, 0) is 34.1 Å². The number of rotatable bonds is 8. The highest BCUT2D eigenvalue weighted by molar-refractivity contribution is 5.84. The minimum absolute atomic E-state index is 0.0199. The summed E-state index contributed by atoms with van der Waals surface area (Å²) < 4.78 is 5.65. The number of nitrogens with one attached hydrogen (secondary N) is 1. The van der Waals surface area contributed by atoms with Crippen LogP contribution in [-0.4, -0.2) is 53.7 Å². The molecule has 0 bridgehead atoms. The Balaban J connectivity index is 1.67. The topological polar surface area (TPSA) is 95.9 Å². The number of hydrogen-bond acceptors (Lipinski definition) is 4. The Labute approximate surface area is 201 Å². The highest BCUT2D eigenvalue weighted by Gasteiger charge is 2.34. The molecule has 3 rings (SSSR count). The third-order valence-corrected chi connectivity index (χ3v) is 6.59. The van der Waals surface area contributed by atoms with Gasteiger partial charge in [-0.25, -0.2) is 9.59 Å². The standard InChI is InChI=1S/C27H34N2O5/c1-6-22(25(31)32)29(5)24(30)15-23(27(2,3)4)28-26(33)34-16-21-19-13-9-7-11-17(19)18-12-8-10-14-20(18)21/h7-14,21-23H,6,15-16H2,1-5H3,(H,28,33)(H,31,32). The van der Waals surface area contributed by atoms with Crippen LogP contribution in [-0.2, 0) is 14.3 Å². The molecule has 2 amide bonds.